The van der Waals surface area contributed by atoms with Crippen molar-refractivity contribution in [2.75, 3.05) is 19.0 Å². The van der Waals surface area contributed by atoms with Crippen LogP contribution in [0.3, 0.4) is 0 Å². The Balaban J connectivity index is 1.94. The SMILES string of the molecule is CN(C)c1cc(C(F)(F)F)cc(-c2ccc(C=C3C(=O)OC(C)(C)OC3=O)cc2)n1. The second-order valence-electron chi connectivity index (χ2n) is 7.35. The second-order valence-corrected chi connectivity index (χ2v) is 7.35. The molecule has 0 unspecified atom stereocenters. The van der Waals surface area contributed by atoms with Gasteiger partial charge in [-0.25, -0.2) is 14.6 Å². The van der Waals surface area contributed by atoms with Crippen molar-refractivity contribution in [2.24, 2.45) is 0 Å². The van der Waals surface area contributed by atoms with Gasteiger partial charge in [0, 0.05) is 33.5 Å². The Bertz CT molecular complexity index is 1000. The number of anilines is 1. The van der Waals surface area contributed by atoms with Gasteiger partial charge in [-0.2, -0.15) is 13.2 Å². The van der Waals surface area contributed by atoms with E-state index in [4.69, 9.17) is 9.47 Å². The predicted molar refractivity (Wildman–Crippen MR) is 103 cm³/mol. The highest BCUT2D eigenvalue weighted by Crippen LogP contribution is 2.34. The van der Waals surface area contributed by atoms with E-state index in [0.717, 1.165) is 12.1 Å². The van der Waals surface area contributed by atoms with Crippen molar-refractivity contribution in [3.63, 3.8) is 0 Å². The molecule has 0 N–H and O–H groups in total. The number of carbonyl (C=O) groups is 2. The Morgan fingerprint density at radius 3 is 2.07 bits per heavy atom. The standard InChI is InChI=1S/C21H19F3N2O4/c1-20(2)29-18(27)15(19(28)30-20)9-12-5-7-13(8-6-12)16-10-14(21(22,23)24)11-17(25-16)26(3)4/h5-11H,1-4H3. The number of nitrogens with zero attached hydrogens (tertiary/aromatic N) is 2. The summed E-state index contributed by atoms with van der Waals surface area (Å²) < 4.78 is 49.8. The predicted octanol–water partition coefficient (Wildman–Crippen LogP) is 4.05. The lowest BCUT2D eigenvalue weighted by Crippen LogP contribution is -2.41. The summed E-state index contributed by atoms with van der Waals surface area (Å²) in [6.07, 6.45) is -3.21. The van der Waals surface area contributed by atoms with Crippen molar-refractivity contribution in [2.45, 2.75) is 25.8 Å². The average molecular weight is 420 g/mol. The maximum atomic E-state index is 13.2. The van der Waals surface area contributed by atoms with Gasteiger partial charge < -0.3 is 14.4 Å². The maximum Gasteiger partial charge on any atom is 0.416 e. The molecular weight excluding hydrogens is 401 g/mol. The molecule has 1 aromatic carbocycles. The molecule has 1 fully saturated rings. The van der Waals surface area contributed by atoms with Gasteiger partial charge in [0.05, 0.1) is 11.3 Å². The number of pyridine rings is 1. The summed E-state index contributed by atoms with van der Waals surface area (Å²) in [5, 5.41) is 0. The van der Waals surface area contributed by atoms with E-state index < -0.39 is 29.5 Å². The fraction of sp³-hybridized carbons (Fsp3) is 0.286. The highest BCUT2D eigenvalue weighted by atomic mass is 19.4. The largest absolute Gasteiger partial charge is 0.419 e. The number of cyclic esters (lactones) is 2. The van der Waals surface area contributed by atoms with Crippen LogP contribution in [0, 0.1) is 0 Å². The van der Waals surface area contributed by atoms with Crippen LogP contribution >= 0.6 is 0 Å². The van der Waals surface area contributed by atoms with Crippen molar-refractivity contribution in [3.8, 4) is 11.3 Å². The minimum absolute atomic E-state index is 0.144. The minimum atomic E-state index is -4.51. The molecular formula is C21H19F3N2O4. The van der Waals surface area contributed by atoms with Crippen LogP contribution in [0.2, 0.25) is 0 Å². The van der Waals surface area contributed by atoms with Crippen LogP contribution in [0.1, 0.15) is 25.0 Å². The number of aromatic nitrogens is 1. The molecule has 1 aliphatic rings. The summed E-state index contributed by atoms with van der Waals surface area (Å²) in [5.74, 6) is -2.79. The first-order valence-electron chi connectivity index (χ1n) is 8.91. The number of ether oxygens (including phenoxy) is 2. The van der Waals surface area contributed by atoms with E-state index in [2.05, 4.69) is 4.98 Å². The molecule has 1 saturated heterocycles. The molecule has 9 heteroatoms. The van der Waals surface area contributed by atoms with Crippen molar-refractivity contribution >= 4 is 23.8 Å². The molecule has 0 aliphatic carbocycles. The summed E-state index contributed by atoms with van der Waals surface area (Å²) in [4.78, 5) is 29.8. The van der Waals surface area contributed by atoms with Gasteiger partial charge in [-0.15, -0.1) is 0 Å². The van der Waals surface area contributed by atoms with Crippen molar-refractivity contribution in [3.05, 3.63) is 53.1 Å². The molecule has 0 saturated carbocycles. The Morgan fingerprint density at radius 1 is 1.00 bits per heavy atom. The van der Waals surface area contributed by atoms with Crippen molar-refractivity contribution < 1.29 is 32.2 Å². The third-order valence-corrected chi connectivity index (χ3v) is 4.23. The summed E-state index contributed by atoms with van der Waals surface area (Å²) in [6, 6.07) is 8.16. The van der Waals surface area contributed by atoms with Crippen LogP contribution in [0.4, 0.5) is 19.0 Å². The second kappa shape index (κ2) is 7.47. The Morgan fingerprint density at radius 2 is 1.57 bits per heavy atom. The summed E-state index contributed by atoms with van der Waals surface area (Å²) in [7, 11) is 3.20. The van der Waals surface area contributed by atoms with E-state index >= 15 is 0 Å². The molecule has 0 bridgehead atoms. The van der Waals surface area contributed by atoms with Crippen LogP contribution in [-0.4, -0.2) is 36.8 Å². The minimum Gasteiger partial charge on any atom is -0.419 e. The number of benzene rings is 1. The van der Waals surface area contributed by atoms with Crippen LogP contribution in [0.15, 0.2) is 42.0 Å². The van der Waals surface area contributed by atoms with Crippen molar-refractivity contribution in [1.82, 2.24) is 4.98 Å². The van der Waals surface area contributed by atoms with Gasteiger partial charge >= 0.3 is 18.1 Å². The van der Waals surface area contributed by atoms with Gasteiger partial charge in [0.2, 0.25) is 0 Å². The molecule has 0 amide bonds. The lowest BCUT2D eigenvalue weighted by molar-refractivity contribution is -0.222. The molecule has 158 valence electrons. The number of esters is 2. The topological polar surface area (TPSA) is 68.7 Å². The zero-order valence-corrected chi connectivity index (χ0v) is 16.7. The summed E-state index contributed by atoms with van der Waals surface area (Å²) >= 11 is 0. The van der Waals surface area contributed by atoms with Gasteiger partial charge in [0.25, 0.3) is 5.79 Å². The Hall–Kier alpha value is -3.36. The van der Waals surface area contributed by atoms with E-state index in [9.17, 15) is 22.8 Å². The molecule has 0 spiro atoms. The molecule has 30 heavy (non-hydrogen) atoms. The normalized spacial score (nSPS) is 16.0. The highest BCUT2D eigenvalue weighted by Gasteiger charge is 2.38. The molecule has 2 aromatic rings. The first kappa shape index (κ1) is 21.4. The maximum absolute atomic E-state index is 13.2. The van der Waals surface area contributed by atoms with Crippen molar-refractivity contribution in [1.29, 1.82) is 0 Å². The zero-order chi connectivity index (χ0) is 22.3. The van der Waals surface area contributed by atoms with Gasteiger partial charge in [0.1, 0.15) is 11.4 Å². The molecule has 0 atom stereocenters. The third kappa shape index (κ3) is 4.61. The third-order valence-electron chi connectivity index (χ3n) is 4.23. The van der Waals surface area contributed by atoms with Crippen LogP contribution in [0.25, 0.3) is 17.3 Å². The Kier molecular flexibility index (Phi) is 5.32. The van der Waals surface area contributed by atoms with Crippen LogP contribution in [-0.2, 0) is 25.2 Å². The summed E-state index contributed by atoms with van der Waals surface area (Å²) in [6.45, 7) is 2.89. The van der Waals surface area contributed by atoms with Gasteiger partial charge in [-0.05, 0) is 23.8 Å². The molecule has 3 rings (SSSR count). The number of carbonyl (C=O) groups excluding carboxylic acids is 2. The fourth-order valence-electron chi connectivity index (χ4n) is 2.75. The van der Waals surface area contributed by atoms with Crippen LogP contribution < -0.4 is 4.90 Å². The van der Waals surface area contributed by atoms with Crippen LogP contribution in [0.5, 0.6) is 0 Å². The van der Waals surface area contributed by atoms with Gasteiger partial charge in [0.15, 0.2) is 0 Å². The van der Waals surface area contributed by atoms with Gasteiger partial charge in [-0.3, -0.25) is 0 Å². The van der Waals surface area contributed by atoms with E-state index in [1.807, 2.05) is 0 Å². The molecule has 0 radical (unpaired) electrons. The van der Waals surface area contributed by atoms with E-state index in [1.165, 1.54) is 24.8 Å². The molecule has 1 aliphatic heterocycles. The lowest BCUT2D eigenvalue weighted by atomic mass is 10.0. The van der Waals surface area contributed by atoms with Gasteiger partial charge in [-0.1, -0.05) is 24.3 Å². The molecule has 1 aromatic heterocycles. The number of rotatable bonds is 3. The Labute approximate surface area is 170 Å². The first-order chi connectivity index (χ1) is 13.9. The average Bonchev–Trinajstić information content (AvgIpc) is 2.63. The molecule has 2 heterocycles. The first-order valence-corrected chi connectivity index (χ1v) is 8.91. The monoisotopic (exact) mass is 420 g/mol. The number of halogens is 3. The van der Waals surface area contributed by atoms with E-state index in [1.54, 1.807) is 38.4 Å². The smallest absolute Gasteiger partial charge is 0.416 e. The number of hydrogen-bond donors (Lipinski definition) is 0. The zero-order valence-electron chi connectivity index (χ0n) is 16.7. The number of hydrogen-bond acceptors (Lipinski definition) is 6. The fourth-order valence-corrected chi connectivity index (χ4v) is 2.75. The van der Waals surface area contributed by atoms with E-state index in [0.29, 0.717) is 11.1 Å². The lowest BCUT2D eigenvalue weighted by Gasteiger charge is -2.29. The summed E-state index contributed by atoms with van der Waals surface area (Å²) in [5.41, 5.74) is -0.0127. The highest BCUT2D eigenvalue weighted by molar-refractivity contribution is 6.18. The number of alkyl halides is 3. The molecule has 6 nitrogen and oxygen atoms in total. The quantitative estimate of drug-likeness (QED) is 0.424. The van der Waals surface area contributed by atoms with E-state index in [-0.39, 0.29) is 17.1 Å².